The maximum Gasteiger partial charge on any atom is 0.147 e. The third-order valence-corrected chi connectivity index (χ3v) is 2.00. The smallest absolute Gasteiger partial charge is 0.147 e. The van der Waals surface area contributed by atoms with Crippen LogP contribution in [-0.4, -0.2) is 27.8 Å². The Hall–Kier alpha value is -1.16. The van der Waals surface area contributed by atoms with Crippen LogP contribution in [0.4, 0.5) is 0 Å². The molecule has 1 heterocycles. The van der Waals surface area contributed by atoms with Crippen molar-refractivity contribution >= 4 is 5.78 Å². The molecule has 4 heteroatoms. The lowest BCUT2D eigenvalue weighted by Crippen LogP contribution is -2.41. The number of Topliss-reactive ketones (excluding diaryl/α,β-unsaturated/α-hetero) is 1. The summed E-state index contributed by atoms with van der Waals surface area (Å²) in [6, 6.07) is 0.197. The molecule has 0 fully saturated rings. The molecule has 2 N–H and O–H groups in total. The fourth-order valence-corrected chi connectivity index (χ4v) is 1.34. The molecule has 0 saturated carbocycles. The second kappa shape index (κ2) is 8.05. The van der Waals surface area contributed by atoms with E-state index in [1.54, 1.807) is 19.4 Å². The van der Waals surface area contributed by atoms with Crippen LogP contribution >= 0.6 is 0 Å². The Bertz CT molecular complexity index is 280. The van der Waals surface area contributed by atoms with Crippen LogP contribution in [0, 0.1) is 0 Å². The first-order chi connectivity index (χ1) is 7.59. The fourth-order valence-electron chi connectivity index (χ4n) is 1.34. The Morgan fingerprint density at radius 3 is 2.50 bits per heavy atom. The minimum Gasteiger partial charge on any atom is -0.348 e. The van der Waals surface area contributed by atoms with Crippen molar-refractivity contribution in [1.82, 2.24) is 15.3 Å². The third-order valence-electron chi connectivity index (χ3n) is 2.00. The molecule has 0 saturated heterocycles. The van der Waals surface area contributed by atoms with E-state index < -0.39 is 0 Å². The van der Waals surface area contributed by atoms with Gasteiger partial charge in [-0.05, 0) is 6.92 Å². The summed E-state index contributed by atoms with van der Waals surface area (Å²) in [6.07, 6.45) is 4.05. The van der Waals surface area contributed by atoms with Gasteiger partial charge in [0.25, 0.3) is 0 Å². The van der Waals surface area contributed by atoms with E-state index in [0.29, 0.717) is 12.5 Å². The number of nitrogens with zero attached hydrogens (tertiary/aromatic N) is 1. The Labute approximate surface area is 97.9 Å². The molecule has 92 valence electrons. The number of hydrogen-bond donors (Lipinski definition) is 2. The molecular formula is C12H23N3O. The zero-order chi connectivity index (χ0) is 12.6. The average molecular weight is 225 g/mol. The second-order valence-corrected chi connectivity index (χ2v) is 3.77. The lowest BCUT2D eigenvalue weighted by molar-refractivity contribution is -0.119. The monoisotopic (exact) mass is 225 g/mol. The normalized spacial score (nSPS) is 11.9. The highest BCUT2D eigenvalue weighted by atomic mass is 16.1. The molecule has 1 unspecified atom stereocenters. The van der Waals surface area contributed by atoms with Crippen LogP contribution in [-0.2, 0) is 11.2 Å². The lowest BCUT2D eigenvalue weighted by Gasteiger charge is -2.17. The highest BCUT2D eigenvalue weighted by molar-refractivity contribution is 5.81. The molecule has 0 aliphatic heterocycles. The fraction of sp³-hybridized carbons (Fsp3) is 0.667. The molecule has 0 amide bonds. The standard InChI is InChI=1S/C10H17N3O.C2H6/c1-7(2)13-10(8(3)14)4-9-5-11-6-12-9;1-2/h5-7,10,13H,4H2,1-3H3,(H,11,12);1-2H3. The summed E-state index contributed by atoms with van der Waals surface area (Å²) in [6.45, 7) is 9.67. The maximum absolute atomic E-state index is 11.3. The van der Waals surface area contributed by atoms with Crippen molar-refractivity contribution in [1.29, 1.82) is 0 Å². The van der Waals surface area contributed by atoms with Gasteiger partial charge < -0.3 is 10.3 Å². The molecule has 0 radical (unpaired) electrons. The lowest BCUT2D eigenvalue weighted by atomic mass is 10.1. The first-order valence-corrected chi connectivity index (χ1v) is 5.83. The van der Waals surface area contributed by atoms with Crippen molar-refractivity contribution in [2.45, 2.75) is 53.1 Å². The van der Waals surface area contributed by atoms with Gasteiger partial charge in [-0.1, -0.05) is 27.7 Å². The first kappa shape index (κ1) is 14.8. The summed E-state index contributed by atoms with van der Waals surface area (Å²) >= 11 is 0. The van der Waals surface area contributed by atoms with E-state index in [-0.39, 0.29) is 11.8 Å². The van der Waals surface area contributed by atoms with Gasteiger partial charge in [0.1, 0.15) is 5.78 Å². The Morgan fingerprint density at radius 2 is 2.12 bits per heavy atom. The SMILES string of the molecule is CC.CC(=O)C(Cc1cnc[nH]1)NC(C)C. The minimum atomic E-state index is -0.115. The number of H-pyrrole nitrogens is 1. The number of nitrogens with one attached hydrogen (secondary N) is 2. The molecule has 0 aromatic carbocycles. The van der Waals surface area contributed by atoms with Gasteiger partial charge in [0.15, 0.2) is 0 Å². The average Bonchev–Trinajstić information content (AvgIpc) is 2.72. The molecule has 1 aromatic heterocycles. The van der Waals surface area contributed by atoms with Gasteiger partial charge in [-0.25, -0.2) is 4.98 Å². The molecule has 0 aliphatic carbocycles. The molecule has 1 rings (SSSR count). The molecule has 0 spiro atoms. The van der Waals surface area contributed by atoms with Crippen LogP contribution in [0.5, 0.6) is 0 Å². The Balaban J connectivity index is 0.00000106. The van der Waals surface area contributed by atoms with E-state index in [4.69, 9.17) is 0 Å². The number of hydrogen-bond acceptors (Lipinski definition) is 3. The zero-order valence-corrected chi connectivity index (χ0v) is 10.9. The predicted octanol–water partition coefficient (Wildman–Crippen LogP) is 1.93. The second-order valence-electron chi connectivity index (χ2n) is 3.77. The van der Waals surface area contributed by atoms with Crippen LogP contribution in [0.15, 0.2) is 12.5 Å². The van der Waals surface area contributed by atoms with Gasteiger partial charge >= 0.3 is 0 Å². The van der Waals surface area contributed by atoms with Crippen molar-refractivity contribution in [3.8, 4) is 0 Å². The largest absolute Gasteiger partial charge is 0.348 e. The number of aromatic nitrogens is 2. The van der Waals surface area contributed by atoms with Gasteiger partial charge in [-0.15, -0.1) is 0 Å². The van der Waals surface area contributed by atoms with Crippen molar-refractivity contribution in [3.05, 3.63) is 18.2 Å². The molecular weight excluding hydrogens is 202 g/mol. The zero-order valence-electron chi connectivity index (χ0n) is 10.9. The summed E-state index contributed by atoms with van der Waals surface area (Å²) in [7, 11) is 0. The molecule has 1 aromatic rings. The molecule has 0 aliphatic rings. The summed E-state index contributed by atoms with van der Waals surface area (Å²) < 4.78 is 0. The Morgan fingerprint density at radius 1 is 1.50 bits per heavy atom. The maximum atomic E-state index is 11.3. The first-order valence-electron chi connectivity index (χ1n) is 5.83. The molecule has 1 atom stereocenters. The van der Waals surface area contributed by atoms with Crippen molar-refractivity contribution < 1.29 is 4.79 Å². The number of carbonyl (C=O) groups excluding carboxylic acids is 1. The number of aromatic amines is 1. The van der Waals surface area contributed by atoms with E-state index in [0.717, 1.165) is 5.69 Å². The minimum absolute atomic E-state index is 0.115. The number of rotatable bonds is 5. The van der Waals surface area contributed by atoms with E-state index in [1.165, 1.54) is 0 Å². The summed E-state index contributed by atoms with van der Waals surface area (Å²) in [5.74, 6) is 0.160. The summed E-state index contributed by atoms with van der Waals surface area (Å²) in [5, 5.41) is 3.22. The van der Waals surface area contributed by atoms with Gasteiger partial charge in [0.05, 0.1) is 12.4 Å². The van der Waals surface area contributed by atoms with E-state index in [1.807, 2.05) is 27.7 Å². The van der Waals surface area contributed by atoms with Gasteiger partial charge in [0.2, 0.25) is 0 Å². The van der Waals surface area contributed by atoms with Crippen LogP contribution in [0.1, 0.15) is 40.3 Å². The molecule has 4 nitrogen and oxygen atoms in total. The van der Waals surface area contributed by atoms with Gasteiger partial charge in [0, 0.05) is 24.4 Å². The third kappa shape index (κ3) is 5.66. The molecule has 16 heavy (non-hydrogen) atoms. The van der Waals surface area contributed by atoms with Crippen molar-refractivity contribution in [2.75, 3.05) is 0 Å². The van der Waals surface area contributed by atoms with Crippen LogP contribution in [0.25, 0.3) is 0 Å². The van der Waals surface area contributed by atoms with Crippen molar-refractivity contribution in [2.24, 2.45) is 0 Å². The van der Waals surface area contributed by atoms with Gasteiger partial charge in [-0.3, -0.25) is 4.79 Å². The van der Waals surface area contributed by atoms with Crippen LogP contribution in [0.2, 0.25) is 0 Å². The highest BCUT2D eigenvalue weighted by Gasteiger charge is 2.15. The highest BCUT2D eigenvalue weighted by Crippen LogP contribution is 2.00. The summed E-state index contributed by atoms with van der Waals surface area (Å²) in [4.78, 5) is 18.2. The van der Waals surface area contributed by atoms with Crippen LogP contribution in [0.3, 0.4) is 0 Å². The van der Waals surface area contributed by atoms with Crippen molar-refractivity contribution in [3.63, 3.8) is 0 Å². The topological polar surface area (TPSA) is 57.8 Å². The molecule has 0 bridgehead atoms. The van der Waals surface area contributed by atoms with E-state index in [2.05, 4.69) is 15.3 Å². The van der Waals surface area contributed by atoms with Crippen LogP contribution < -0.4 is 5.32 Å². The summed E-state index contributed by atoms with van der Waals surface area (Å²) in [5.41, 5.74) is 0.985. The number of imidazole rings is 1. The van der Waals surface area contributed by atoms with E-state index in [9.17, 15) is 4.79 Å². The van der Waals surface area contributed by atoms with Gasteiger partial charge in [-0.2, -0.15) is 0 Å². The quantitative estimate of drug-likeness (QED) is 0.805. The number of ketones is 1. The van der Waals surface area contributed by atoms with E-state index >= 15 is 0 Å². The number of carbonyl (C=O) groups is 1. The predicted molar refractivity (Wildman–Crippen MR) is 66.4 cm³/mol. The Kier molecular flexibility index (Phi) is 7.46.